The Balaban J connectivity index is -0.000000175. The molecule has 487 valence electrons. The number of rotatable bonds is 18. The predicted molar refractivity (Wildman–Crippen MR) is 358 cm³/mol. The molecule has 0 amide bonds. The van der Waals surface area contributed by atoms with Gasteiger partial charge in [0.05, 0.1) is 39.6 Å². The Bertz CT molecular complexity index is 1690. The fraction of sp³-hybridized carbons (Fsp3) is 0.667. The van der Waals surface area contributed by atoms with Gasteiger partial charge in [-0.1, -0.05) is 208 Å². The van der Waals surface area contributed by atoms with Crippen molar-refractivity contribution in [2.75, 3.05) is 122 Å². The number of aliphatic imine (C=N–C) groups is 3. The molecular weight excluding hydrogens is 1300 g/mol. The smallest absolute Gasteiger partial charge is 0.550 e. The maximum Gasteiger partial charge on any atom is 3.00 e. The Labute approximate surface area is 618 Å². The summed E-state index contributed by atoms with van der Waals surface area (Å²) in [5.41, 5.74) is 2.45. The standard InChI is InChI=1S/3C13H18ClN3.3C4H10O2.3C4H8O.3Li.Nd/c3*1-9(2)15-13(16-10(3)4)17-12-7-5-11(14)6-8-12;3*1-5-3-4-6-2;3*1-2-4-5-3-1;;;;/h3*5-10H,1-4H3;3*3-4H2,1-2H3;3*1-4H2;;;;/q3*-2;;;;;;;3*+1;+3. The van der Waals surface area contributed by atoms with Crippen molar-refractivity contribution < 1.29 is 140 Å². The van der Waals surface area contributed by atoms with Crippen LogP contribution in [-0.2, 0) is 42.6 Å². The SMILES string of the molecule is C1CCOC1.C1CCOC1.C1CCOC1.CC(C)[N-]C(=Nc1ccc(Cl)cc1)[N-]C(C)C.CC(C)[N-]C(=Nc1ccc(Cl)cc1)[N-]C(C)C.CC(C)[N-]C(=Nc1ccc(Cl)cc1)[N-]C(C)C.COCCOC.COCCOC.COCCOC.[Li+].[Li+].[Li+].[Nd+3]. The molecule has 3 fully saturated rings. The van der Waals surface area contributed by atoms with Gasteiger partial charge in [0.2, 0.25) is 0 Å². The van der Waals surface area contributed by atoms with Gasteiger partial charge in [0, 0.05) is 97.4 Å². The Hall–Kier alpha value is -0.877. The van der Waals surface area contributed by atoms with E-state index in [0.717, 1.165) is 56.7 Å². The van der Waals surface area contributed by atoms with E-state index in [4.69, 9.17) is 49.0 Å². The molecule has 0 spiro atoms. The molecule has 0 bridgehead atoms. The normalized spacial score (nSPS) is 12.0. The number of halogens is 3. The van der Waals surface area contributed by atoms with Gasteiger partial charge in [0.1, 0.15) is 0 Å². The molecule has 0 saturated carbocycles. The maximum atomic E-state index is 5.82. The largest absolute Gasteiger partial charge is 3.00 e. The first-order valence-corrected chi connectivity index (χ1v) is 30.2. The third-order valence-corrected chi connectivity index (χ3v) is 10.1. The van der Waals surface area contributed by atoms with Crippen LogP contribution in [0.2, 0.25) is 15.1 Å². The number of hydrogen-bond acceptors (Lipinski definition) is 12. The van der Waals surface area contributed by atoms with E-state index < -0.39 is 0 Å². The monoisotopic (exact) mass is 1400 g/mol. The van der Waals surface area contributed by atoms with Crippen LogP contribution in [0.3, 0.4) is 0 Å². The molecule has 3 aromatic carbocycles. The van der Waals surface area contributed by atoms with Gasteiger partial charge in [0.15, 0.2) is 0 Å². The fourth-order valence-electron chi connectivity index (χ4n) is 5.58. The minimum atomic E-state index is 0. The number of benzene rings is 3. The quantitative estimate of drug-likeness (QED) is 0.0515. The van der Waals surface area contributed by atoms with E-state index in [0.29, 0.717) is 72.6 Å². The van der Waals surface area contributed by atoms with Gasteiger partial charge in [-0.25, -0.2) is 0 Å². The second kappa shape index (κ2) is 73.5. The minimum Gasteiger partial charge on any atom is -0.550 e. The van der Waals surface area contributed by atoms with Crippen LogP contribution in [-0.4, -0.2) is 176 Å². The summed E-state index contributed by atoms with van der Waals surface area (Å²) in [5.74, 6) is 1.62. The molecule has 88 heavy (non-hydrogen) atoms. The Morgan fingerprint density at radius 2 is 0.477 bits per heavy atom. The molecule has 25 heteroatoms. The number of methoxy groups -OCH3 is 6. The summed E-state index contributed by atoms with van der Waals surface area (Å²) in [6.07, 6.45) is 7.67. The van der Waals surface area contributed by atoms with Crippen molar-refractivity contribution in [3.8, 4) is 0 Å². The first kappa shape index (κ1) is 101. The molecule has 0 atom stereocenters. The number of hydrogen-bond donors (Lipinski definition) is 0. The molecule has 6 rings (SSSR count). The third kappa shape index (κ3) is 75.8. The number of guanidine groups is 3. The van der Waals surface area contributed by atoms with E-state index in [1.165, 1.54) is 38.5 Å². The van der Waals surface area contributed by atoms with Gasteiger partial charge < -0.3 is 89.5 Å². The third-order valence-electron chi connectivity index (χ3n) is 9.37. The Kier molecular flexibility index (Phi) is 84.1. The molecule has 0 unspecified atom stereocenters. The summed E-state index contributed by atoms with van der Waals surface area (Å²) in [7, 11) is 9.91. The van der Waals surface area contributed by atoms with Crippen molar-refractivity contribution in [2.24, 2.45) is 15.0 Å². The first-order chi connectivity index (χ1) is 40.2. The average Bonchev–Trinajstić information content (AvgIpc) is 4.36. The first-order valence-electron chi connectivity index (χ1n) is 29.1. The zero-order valence-electron chi connectivity index (χ0n) is 58.0. The van der Waals surface area contributed by atoms with Crippen LogP contribution in [0, 0.1) is 40.8 Å². The van der Waals surface area contributed by atoms with E-state index in [1.54, 1.807) is 42.7 Å². The van der Waals surface area contributed by atoms with Crippen molar-refractivity contribution in [3.05, 3.63) is 120 Å². The summed E-state index contributed by atoms with van der Waals surface area (Å²) in [4.78, 5) is 13.2. The molecular formula is C63H108Cl3Li3N9NdO9. The van der Waals surface area contributed by atoms with Gasteiger partial charge in [0.25, 0.3) is 0 Å². The Morgan fingerprint density at radius 1 is 0.330 bits per heavy atom. The number of ether oxygens (including phenoxy) is 9. The van der Waals surface area contributed by atoms with Gasteiger partial charge >= 0.3 is 97.4 Å². The van der Waals surface area contributed by atoms with Crippen molar-refractivity contribution in [1.82, 2.24) is 0 Å². The molecule has 3 aromatic rings. The molecule has 0 aliphatic carbocycles. The van der Waals surface area contributed by atoms with E-state index in [9.17, 15) is 0 Å². The summed E-state index contributed by atoms with van der Waals surface area (Å²) >= 11 is 17.5. The van der Waals surface area contributed by atoms with Crippen molar-refractivity contribution in [2.45, 2.75) is 158 Å². The molecule has 1 radical (unpaired) electrons. The molecule has 3 heterocycles. The van der Waals surface area contributed by atoms with Gasteiger partial charge in [-0.3, -0.25) is 0 Å². The number of nitrogens with zero attached hydrogens (tertiary/aromatic N) is 9. The fourth-order valence-corrected chi connectivity index (χ4v) is 5.96. The molecule has 0 aromatic heterocycles. The van der Waals surface area contributed by atoms with Crippen LogP contribution in [0.15, 0.2) is 87.8 Å². The van der Waals surface area contributed by atoms with Crippen LogP contribution in [0.25, 0.3) is 31.9 Å². The zero-order chi connectivity index (χ0) is 63.6. The van der Waals surface area contributed by atoms with E-state index in [2.05, 4.69) is 75.3 Å². The second-order valence-electron chi connectivity index (χ2n) is 19.9. The summed E-state index contributed by atoms with van der Waals surface area (Å²) in [6, 6.07) is 23.1. The van der Waals surface area contributed by atoms with Crippen molar-refractivity contribution in [3.63, 3.8) is 0 Å². The van der Waals surface area contributed by atoms with E-state index in [-0.39, 0.29) is 134 Å². The van der Waals surface area contributed by atoms with E-state index >= 15 is 0 Å². The second-order valence-corrected chi connectivity index (χ2v) is 21.2. The minimum absolute atomic E-state index is 0. The molecule has 3 saturated heterocycles. The topological polar surface area (TPSA) is 205 Å². The van der Waals surface area contributed by atoms with Crippen LogP contribution in [0.5, 0.6) is 0 Å². The maximum absolute atomic E-state index is 5.82. The molecule has 3 aliphatic heterocycles. The summed E-state index contributed by atoms with van der Waals surface area (Å²) in [6.45, 7) is 34.2. The Morgan fingerprint density at radius 3 is 0.580 bits per heavy atom. The summed E-state index contributed by atoms with van der Waals surface area (Å²) < 4.78 is 42.8. The van der Waals surface area contributed by atoms with Crippen LogP contribution >= 0.6 is 34.8 Å². The van der Waals surface area contributed by atoms with Crippen LogP contribution in [0.4, 0.5) is 17.1 Å². The van der Waals surface area contributed by atoms with Crippen LogP contribution in [0.1, 0.15) is 122 Å². The molecule has 3 aliphatic rings. The van der Waals surface area contributed by atoms with Crippen molar-refractivity contribution in [1.29, 1.82) is 0 Å². The van der Waals surface area contributed by atoms with Crippen LogP contribution < -0.4 is 56.6 Å². The van der Waals surface area contributed by atoms with Gasteiger partial charge in [-0.15, -0.1) is 0 Å². The molecule has 18 nitrogen and oxygen atoms in total. The average molecular weight is 1410 g/mol. The van der Waals surface area contributed by atoms with Gasteiger partial charge in [-0.05, 0) is 74.9 Å². The van der Waals surface area contributed by atoms with E-state index in [1.807, 2.05) is 156 Å². The zero-order valence-corrected chi connectivity index (χ0v) is 63.4. The molecule has 0 N–H and O–H groups in total. The van der Waals surface area contributed by atoms with Crippen molar-refractivity contribution >= 4 is 69.7 Å². The van der Waals surface area contributed by atoms with Gasteiger partial charge in [-0.2, -0.15) is 17.9 Å². The predicted octanol–water partition coefficient (Wildman–Crippen LogP) is 8.92. The summed E-state index contributed by atoms with van der Waals surface area (Å²) in [5, 5.41) is 28.4.